The molecule has 1 aliphatic rings. The van der Waals surface area contributed by atoms with Crippen molar-refractivity contribution in [3.8, 4) is 0 Å². The molecule has 0 spiro atoms. The van der Waals surface area contributed by atoms with Crippen LogP contribution in [0.4, 0.5) is 10.1 Å². The quantitative estimate of drug-likeness (QED) is 0.891. The minimum atomic E-state index is -0.222. The molecule has 1 aromatic carbocycles. The lowest BCUT2D eigenvalue weighted by atomic mass is 10.3. The maximum absolute atomic E-state index is 12.9. The van der Waals surface area contributed by atoms with Crippen molar-refractivity contribution >= 4 is 5.69 Å². The van der Waals surface area contributed by atoms with E-state index >= 15 is 0 Å². The fourth-order valence-corrected chi connectivity index (χ4v) is 2.42. The monoisotopic (exact) mass is 257 g/mol. The topological polar surface area (TPSA) is 20.2 Å². The van der Waals surface area contributed by atoms with E-state index in [9.17, 15) is 4.39 Å². The fourth-order valence-electron chi connectivity index (χ4n) is 2.42. The molecule has 1 N–H and O–H groups in total. The molecule has 1 atom stereocenters. The third-order valence-electron chi connectivity index (χ3n) is 3.40. The van der Waals surface area contributed by atoms with Crippen LogP contribution in [0.25, 0.3) is 0 Å². The van der Waals surface area contributed by atoms with Crippen LogP contribution in [0, 0.1) is 19.7 Å². The molecule has 0 amide bonds. The Bertz CT molecular complexity index is 593. The zero-order valence-corrected chi connectivity index (χ0v) is 11.0. The predicted octanol–water partition coefficient (Wildman–Crippen LogP) is 3.28. The molecule has 1 aromatic heterocycles. The van der Waals surface area contributed by atoms with E-state index < -0.39 is 0 Å². The van der Waals surface area contributed by atoms with Crippen molar-refractivity contribution in [2.24, 2.45) is 0 Å². The van der Waals surface area contributed by atoms with E-state index in [1.807, 2.05) is 11.2 Å². The second kappa shape index (κ2) is 4.55. The molecule has 0 radical (unpaired) electrons. The van der Waals surface area contributed by atoms with Gasteiger partial charge in [-0.05, 0) is 56.3 Å². The zero-order valence-electron chi connectivity index (χ0n) is 11.0. The highest BCUT2D eigenvalue weighted by Gasteiger charge is 2.19. The van der Waals surface area contributed by atoms with Gasteiger partial charge >= 0.3 is 0 Å². The van der Waals surface area contributed by atoms with Crippen LogP contribution >= 0.6 is 0 Å². The van der Waals surface area contributed by atoms with E-state index in [0.717, 1.165) is 5.69 Å². The first kappa shape index (κ1) is 12.0. The molecule has 3 nitrogen and oxygen atoms in total. The van der Waals surface area contributed by atoms with Gasteiger partial charge in [0.15, 0.2) is 0 Å². The first-order chi connectivity index (χ1) is 9.15. The molecule has 0 fully saturated rings. The highest BCUT2D eigenvalue weighted by molar-refractivity contribution is 5.49. The first-order valence-electron chi connectivity index (χ1n) is 6.29. The minimum absolute atomic E-state index is 0.0973. The molecule has 4 heteroatoms. The fraction of sp³-hybridized carbons (Fsp3) is 0.200. The second-order valence-corrected chi connectivity index (χ2v) is 4.75. The molecule has 2 heterocycles. The van der Waals surface area contributed by atoms with E-state index in [4.69, 9.17) is 0 Å². The van der Waals surface area contributed by atoms with Crippen LogP contribution in [0.3, 0.4) is 0 Å². The van der Waals surface area contributed by atoms with Crippen molar-refractivity contribution in [3.63, 3.8) is 0 Å². The molecule has 0 saturated carbocycles. The summed E-state index contributed by atoms with van der Waals surface area (Å²) in [6.45, 7) is 4.17. The van der Waals surface area contributed by atoms with Gasteiger partial charge < -0.3 is 4.57 Å². The largest absolute Gasteiger partial charge is 0.328 e. The smallest absolute Gasteiger partial charge is 0.123 e. The van der Waals surface area contributed by atoms with Gasteiger partial charge in [0.25, 0.3) is 0 Å². The Kier molecular flexibility index (Phi) is 2.87. The van der Waals surface area contributed by atoms with E-state index in [1.165, 1.54) is 23.5 Å². The van der Waals surface area contributed by atoms with Crippen LogP contribution in [0.5, 0.6) is 0 Å². The molecule has 3 rings (SSSR count). The summed E-state index contributed by atoms with van der Waals surface area (Å²) in [5.41, 5.74) is 6.71. The highest BCUT2D eigenvalue weighted by atomic mass is 19.1. The van der Waals surface area contributed by atoms with Crippen LogP contribution in [0.1, 0.15) is 17.6 Å². The third kappa shape index (κ3) is 2.15. The lowest BCUT2D eigenvalue weighted by molar-refractivity contribution is 0.498. The molecular formula is C15H16FN3. The van der Waals surface area contributed by atoms with Gasteiger partial charge in [-0.15, -0.1) is 0 Å². The zero-order chi connectivity index (χ0) is 13.4. The average Bonchev–Trinajstić information content (AvgIpc) is 2.98. The number of nitrogens with one attached hydrogen (secondary N) is 1. The number of hydrazine groups is 1. The third-order valence-corrected chi connectivity index (χ3v) is 3.40. The number of aryl methyl sites for hydroxylation is 2. The van der Waals surface area contributed by atoms with Crippen LogP contribution in [-0.2, 0) is 0 Å². The molecule has 19 heavy (non-hydrogen) atoms. The molecule has 1 unspecified atom stereocenters. The van der Waals surface area contributed by atoms with Gasteiger partial charge in [-0.2, -0.15) is 0 Å². The summed E-state index contributed by atoms with van der Waals surface area (Å²) in [5.74, 6) is -0.222. The number of aromatic nitrogens is 1. The van der Waals surface area contributed by atoms with Crippen LogP contribution < -0.4 is 10.4 Å². The molecule has 2 aromatic rings. The summed E-state index contributed by atoms with van der Waals surface area (Å²) in [6.07, 6.45) is 4.15. The van der Waals surface area contributed by atoms with Crippen LogP contribution in [-0.4, -0.2) is 4.57 Å². The van der Waals surface area contributed by atoms with E-state index in [0.29, 0.717) is 0 Å². The van der Waals surface area contributed by atoms with Crippen molar-refractivity contribution < 1.29 is 4.39 Å². The van der Waals surface area contributed by atoms with Crippen molar-refractivity contribution in [3.05, 3.63) is 65.9 Å². The van der Waals surface area contributed by atoms with Crippen LogP contribution in [0.15, 0.2) is 48.7 Å². The number of nitrogens with zero attached hydrogens (tertiary/aromatic N) is 2. The van der Waals surface area contributed by atoms with Crippen molar-refractivity contribution in [1.29, 1.82) is 0 Å². The Balaban J connectivity index is 1.82. The van der Waals surface area contributed by atoms with E-state index in [2.05, 4.69) is 42.0 Å². The Morgan fingerprint density at radius 3 is 2.26 bits per heavy atom. The Labute approximate surface area is 111 Å². The number of hydrogen-bond acceptors (Lipinski definition) is 2. The number of halogens is 1. The van der Waals surface area contributed by atoms with Gasteiger partial charge in [0.1, 0.15) is 12.0 Å². The maximum atomic E-state index is 12.9. The molecule has 98 valence electrons. The number of benzene rings is 1. The first-order valence-corrected chi connectivity index (χ1v) is 6.29. The average molecular weight is 257 g/mol. The SMILES string of the molecule is Cc1ccc(C)n1C1C=CN(c2ccc(F)cc2)N1. The van der Waals surface area contributed by atoms with Crippen molar-refractivity contribution in [1.82, 2.24) is 9.99 Å². The number of rotatable bonds is 2. The lowest BCUT2D eigenvalue weighted by Gasteiger charge is -2.22. The summed E-state index contributed by atoms with van der Waals surface area (Å²) in [5, 5.41) is 1.91. The lowest BCUT2D eigenvalue weighted by Crippen LogP contribution is -2.34. The number of hydrogen-bond donors (Lipinski definition) is 1. The summed E-state index contributed by atoms with van der Waals surface area (Å²) < 4.78 is 15.1. The maximum Gasteiger partial charge on any atom is 0.123 e. The van der Waals surface area contributed by atoms with E-state index in [-0.39, 0.29) is 12.0 Å². The molecular weight excluding hydrogens is 241 g/mol. The predicted molar refractivity (Wildman–Crippen MR) is 74.1 cm³/mol. The van der Waals surface area contributed by atoms with Gasteiger partial charge in [0.2, 0.25) is 0 Å². The van der Waals surface area contributed by atoms with E-state index in [1.54, 1.807) is 12.1 Å². The standard InChI is InChI=1S/C15H16FN3/c1-11-3-4-12(2)19(11)15-9-10-18(17-15)14-7-5-13(16)6-8-14/h3-10,15,17H,1-2H3. The Hall–Kier alpha value is -2.07. The van der Waals surface area contributed by atoms with Gasteiger partial charge in [-0.25, -0.2) is 9.82 Å². The number of anilines is 1. The van der Waals surface area contributed by atoms with Crippen LogP contribution in [0.2, 0.25) is 0 Å². The second-order valence-electron chi connectivity index (χ2n) is 4.75. The summed E-state index contributed by atoms with van der Waals surface area (Å²) in [6, 6.07) is 10.6. The molecule has 0 saturated heterocycles. The molecule has 0 aliphatic carbocycles. The Morgan fingerprint density at radius 2 is 1.63 bits per heavy atom. The highest BCUT2D eigenvalue weighted by Crippen LogP contribution is 2.23. The van der Waals surface area contributed by atoms with Crippen molar-refractivity contribution in [2.45, 2.75) is 20.0 Å². The minimum Gasteiger partial charge on any atom is -0.328 e. The van der Waals surface area contributed by atoms with Gasteiger partial charge in [0.05, 0.1) is 5.69 Å². The van der Waals surface area contributed by atoms with Gasteiger partial charge in [-0.3, -0.25) is 5.01 Å². The summed E-state index contributed by atoms with van der Waals surface area (Å²) >= 11 is 0. The molecule has 0 bridgehead atoms. The summed E-state index contributed by atoms with van der Waals surface area (Å²) in [7, 11) is 0. The Morgan fingerprint density at radius 1 is 1.00 bits per heavy atom. The normalized spacial score (nSPS) is 18.3. The molecule has 1 aliphatic heterocycles. The van der Waals surface area contributed by atoms with Gasteiger partial charge in [-0.1, -0.05) is 0 Å². The van der Waals surface area contributed by atoms with Gasteiger partial charge in [0, 0.05) is 17.6 Å². The van der Waals surface area contributed by atoms with Crippen molar-refractivity contribution in [2.75, 3.05) is 5.01 Å². The summed E-state index contributed by atoms with van der Waals surface area (Å²) in [4.78, 5) is 0.